The number of halogens is 2. The normalized spacial score (nSPS) is 13.0. The number of imidazole rings is 1. The number of nitrogens with two attached hydrogens (primary N) is 1. The van der Waals surface area contributed by atoms with Crippen LogP contribution in [0.3, 0.4) is 0 Å². The Labute approximate surface area is 110 Å². The molecule has 0 fully saturated rings. The summed E-state index contributed by atoms with van der Waals surface area (Å²) < 4.78 is 15.2. The summed E-state index contributed by atoms with van der Waals surface area (Å²) in [5.74, 6) is -0.176. The van der Waals surface area contributed by atoms with Crippen LogP contribution in [-0.2, 0) is 0 Å². The average Bonchev–Trinajstić information content (AvgIpc) is 2.80. The van der Waals surface area contributed by atoms with Crippen LogP contribution in [0.25, 0.3) is 5.69 Å². The van der Waals surface area contributed by atoms with Gasteiger partial charge in [-0.15, -0.1) is 0 Å². The highest BCUT2D eigenvalue weighted by Crippen LogP contribution is 2.24. The average molecular weight is 268 g/mol. The Bertz CT molecular complexity index is 551. The lowest BCUT2D eigenvalue weighted by Gasteiger charge is -2.18. The van der Waals surface area contributed by atoms with Crippen LogP contribution >= 0.6 is 11.6 Å². The maximum atomic E-state index is 13.5. The van der Waals surface area contributed by atoms with Gasteiger partial charge in [0.1, 0.15) is 5.82 Å². The number of rotatable bonds is 3. The van der Waals surface area contributed by atoms with Gasteiger partial charge in [0.25, 0.3) is 0 Å². The molecule has 2 aromatic rings. The van der Waals surface area contributed by atoms with E-state index in [2.05, 4.69) is 4.98 Å². The van der Waals surface area contributed by atoms with E-state index < -0.39 is 5.82 Å². The molecular weight excluding hydrogens is 253 g/mol. The number of hydrogen-bond acceptors (Lipinski definition) is 2. The fraction of sp³-hybridized carbons (Fsp3) is 0.308. The number of hydrogen-bond donors (Lipinski definition) is 1. The molecule has 0 saturated heterocycles. The van der Waals surface area contributed by atoms with E-state index in [0.29, 0.717) is 5.69 Å². The second-order valence-electron chi connectivity index (χ2n) is 4.56. The van der Waals surface area contributed by atoms with E-state index in [1.165, 1.54) is 12.1 Å². The summed E-state index contributed by atoms with van der Waals surface area (Å²) in [5.41, 5.74) is 7.63. The number of nitrogens with zero attached hydrogens (tertiary/aromatic N) is 2. The lowest BCUT2D eigenvalue weighted by molar-refractivity contribution is 0.496. The summed E-state index contributed by atoms with van der Waals surface area (Å²) in [7, 11) is 0. The zero-order chi connectivity index (χ0) is 13.3. The van der Waals surface area contributed by atoms with Crippen LogP contribution in [-0.4, -0.2) is 9.55 Å². The van der Waals surface area contributed by atoms with Crippen molar-refractivity contribution in [2.45, 2.75) is 19.9 Å². The highest BCUT2D eigenvalue weighted by Gasteiger charge is 2.16. The van der Waals surface area contributed by atoms with Crippen molar-refractivity contribution in [3.63, 3.8) is 0 Å². The fourth-order valence-corrected chi connectivity index (χ4v) is 1.86. The zero-order valence-electron chi connectivity index (χ0n) is 10.3. The van der Waals surface area contributed by atoms with Crippen molar-refractivity contribution in [1.82, 2.24) is 9.55 Å². The first-order chi connectivity index (χ1) is 8.50. The minimum Gasteiger partial charge on any atom is -0.322 e. The molecule has 0 aliphatic heterocycles. The second-order valence-corrected chi connectivity index (χ2v) is 4.96. The first-order valence-corrected chi connectivity index (χ1v) is 6.11. The summed E-state index contributed by atoms with van der Waals surface area (Å²) in [6.07, 6.45) is 3.33. The molecule has 1 aromatic carbocycles. The predicted octanol–water partition coefficient (Wildman–Crippen LogP) is 3.32. The van der Waals surface area contributed by atoms with Crippen LogP contribution in [0.5, 0.6) is 0 Å². The topological polar surface area (TPSA) is 43.8 Å². The SMILES string of the molecule is CC(C)C(N)c1cncn1-c1ccc(Cl)c(F)c1. The quantitative estimate of drug-likeness (QED) is 0.927. The monoisotopic (exact) mass is 267 g/mol. The number of benzene rings is 1. The van der Waals surface area contributed by atoms with Gasteiger partial charge < -0.3 is 10.3 Å². The van der Waals surface area contributed by atoms with Crippen LogP contribution in [0.1, 0.15) is 25.6 Å². The van der Waals surface area contributed by atoms with Crippen LogP contribution in [0.4, 0.5) is 4.39 Å². The molecule has 2 rings (SSSR count). The van der Waals surface area contributed by atoms with Crippen LogP contribution < -0.4 is 5.73 Å². The van der Waals surface area contributed by atoms with Gasteiger partial charge in [0.15, 0.2) is 0 Å². The van der Waals surface area contributed by atoms with Crippen molar-refractivity contribution in [2.75, 3.05) is 0 Å². The van der Waals surface area contributed by atoms with Gasteiger partial charge in [-0.3, -0.25) is 0 Å². The molecule has 1 heterocycles. The summed E-state index contributed by atoms with van der Waals surface area (Å²) in [5, 5.41) is 0.105. The van der Waals surface area contributed by atoms with Crippen molar-refractivity contribution >= 4 is 11.6 Å². The van der Waals surface area contributed by atoms with Crippen molar-refractivity contribution in [2.24, 2.45) is 11.7 Å². The van der Waals surface area contributed by atoms with Crippen molar-refractivity contribution in [3.8, 4) is 5.69 Å². The summed E-state index contributed by atoms with van der Waals surface area (Å²) >= 11 is 5.67. The molecule has 3 nitrogen and oxygen atoms in total. The van der Waals surface area contributed by atoms with Crippen molar-refractivity contribution in [1.29, 1.82) is 0 Å². The van der Waals surface area contributed by atoms with Gasteiger partial charge in [0.05, 0.1) is 23.2 Å². The second kappa shape index (κ2) is 5.08. The maximum absolute atomic E-state index is 13.5. The summed E-state index contributed by atoms with van der Waals surface area (Å²) in [4.78, 5) is 4.08. The Balaban J connectivity index is 2.45. The highest BCUT2D eigenvalue weighted by molar-refractivity contribution is 6.30. The third-order valence-electron chi connectivity index (χ3n) is 2.91. The predicted molar refractivity (Wildman–Crippen MR) is 70.3 cm³/mol. The molecule has 0 radical (unpaired) electrons. The molecule has 0 bridgehead atoms. The van der Waals surface area contributed by atoms with E-state index in [1.54, 1.807) is 23.2 Å². The Hall–Kier alpha value is -1.39. The molecule has 1 unspecified atom stereocenters. The third kappa shape index (κ3) is 2.40. The van der Waals surface area contributed by atoms with Gasteiger partial charge in [-0.05, 0) is 24.1 Å². The lowest BCUT2D eigenvalue weighted by Crippen LogP contribution is -2.19. The molecule has 1 aromatic heterocycles. The van der Waals surface area contributed by atoms with E-state index in [-0.39, 0.29) is 17.0 Å². The maximum Gasteiger partial charge on any atom is 0.143 e. The molecule has 2 N–H and O–H groups in total. The fourth-order valence-electron chi connectivity index (χ4n) is 1.74. The molecule has 0 saturated carbocycles. The summed E-state index contributed by atoms with van der Waals surface area (Å²) in [6.45, 7) is 4.06. The van der Waals surface area contributed by atoms with Gasteiger partial charge in [0.2, 0.25) is 0 Å². The van der Waals surface area contributed by atoms with E-state index in [4.69, 9.17) is 17.3 Å². The zero-order valence-corrected chi connectivity index (χ0v) is 11.0. The van der Waals surface area contributed by atoms with E-state index in [9.17, 15) is 4.39 Å². The molecule has 18 heavy (non-hydrogen) atoms. The van der Waals surface area contributed by atoms with E-state index in [1.807, 2.05) is 13.8 Å². The molecule has 0 spiro atoms. The first kappa shape index (κ1) is 13.1. The molecular formula is C13H15ClFN3. The standard InChI is InChI=1S/C13H15ClFN3/c1-8(2)13(16)12-6-17-7-18(12)9-3-4-10(14)11(15)5-9/h3-8,13H,16H2,1-2H3. The van der Waals surface area contributed by atoms with Crippen molar-refractivity contribution in [3.05, 3.63) is 47.3 Å². The molecule has 1 atom stereocenters. The summed E-state index contributed by atoms with van der Waals surface area (Å²) in [6, 6.07) is 4.49. The number of aromatic nitrogens is 2. The Morgan fingerprint density at radius 3 is 2.72 bits per heavy atom. The van der Waals surface area contributed by atoms with Crippen molar-refractivity contribution < 1.29 is 4.39 Å². The minimum atomic E-state index is -0.452. The lowest BCUT2D eigenvalue weighted by atomic mass is 10.0. The van der Waals surface area contributed by atoms with Crippen LogP contribution in [0.15, 0.2) is 30.7 Å². The van der Waals surface area contributed by atoms with Crippen LogP contribution in [0, 0.1) is 11.7 Å². The van der Waals surface area contributed by atoms with Gasteiger partial charge in [-0.2, -0.15) is 0 Å². The molecule has 5 heteroatoms. The van der Waals surface area contributed by atoms with Crippen LogP contribution in [0.2, 0.25) is 5.02 Å². The third-order valence-corrected chi connectivity index (χ3v) is 3.21. The Morgan fingerprint density at radius 2 is 2.11 bits per heavy atom. The molecule has 0 aliphatic rings. The smallest absolute Gasteiger partial charge is 0.143 e. The Kier molecular flexibility index (Phi) is 3.68. The molecule has 96 valence electrons. The van der Waals surface area contributed by atoms with Gasteiger partial charge in [-0.25, -0.2) is 9.37 Å². The highest BCUT2D eigenvalue weighted by atomic mass is 35.5. The molecule has 0 aliphatic carbocycles. The van der Waals surface area contributed by atoms with Gasteiger partial charge >= 0.3 is 0 Å². The van der Waals surface area contributed by atoms with Gasteiger partial charge in [-0.1, -0.05) is 25.4 Å². The van der Waals surface area contributed by atoms with E-state index in [0.717, 1.165) is 5.69 Å². The minimum absolute atomic E-state index is 0.105. The largest absolute Gasteiger partial charge is 0.322 e. The first-order valence-electron chi connectivity index (χ1n) is 5.74. The van der Waals surface area contributed by atoms with E-state index >= 15 is 0 Å². The Morgan fingerprint density at radius 1 is 1.39 bits per heavy atom. The molecule has 0 amide bonds. The van der Waals surface area contributed by atoms with Gasteiger partial charge in [0, 0.05) is 11.7 Å².